The average Bonchev–Trinajstić information content (AvgIpc) is 2.83. The van der Waals surface area contributed by atoms with Crippen molar-refractivity contribution in [3.63, 3.8) is 0 Å². The summed E-state index contributed by atoms with van der Waals surface area (Å²) < 4.78 is 26.3. The Kier molecular flexibility index (Phi) is 9.66. The number of carbonyl (C=O) groups excluding carboxylic acids is 2. The van der Waals surface area contributed by atoms with Gasteiger partial charge in [0.15, 0.2) is 0 Å². The van der Waals surface area contributed by atoms with Gasteiger partial charge >= 0.3 is 0 Å². The van der Waals surface area contributed by atoms with Crippen LogP contribution in [-0.4, -0.2) is 50.0 Å². The number of aryl methyl sites for hydroxylation is 1. The largest absolute Gasteiger partial charge is 0.352 e. The molecule has 0 unspecified atom stereocenters. The van der Waals surface area contributed by atoms with E-state index >= 15 is 0 Å². The first-order valence-electron chi connectivity index (χ1n) is 12.0. The third-order valence-corrected chi connectivity index (χ3v) is 8.31. The molecule has 2 amide bonds. The van der Waals surface area contributed by atoms with Gasteiger partial charge in [0.25, 0.3) is 0 Å². The van der Waals surface area contributed by atoms with Crippen LogP contribution in [0.2, 0.25) is 10.0 Å². The maximum atomic E-state index is 13.6. The van der Waals surface area contributed by atoms with Gasteiger partial charge in [0, 0.05) is 22.6 Å². The summed E-state index contributed by atoms with van der Waals surface area (Å²) >= 11 is 12.2. The minimum Gasteiger partial charge on any atom is -0.352 e. The van der Waals surface area contributed by atoms with Crippen molar-refractivity contribution >= 4 is 50.7 Å². The van der Waals surface area contributed by atoms with Gasteiger partial charge in [-0.15, -0.1) is 0 Å². The van der Waals surface area contributed by atoms with Crippen LogP contribution in [0.5, 0.6) is 0 Å². The van der Waals surface area contributed by atoms with Crippen molar-refractivity contribution in [3.8, 4) is 0 Å². The second kappa shape index (κ2) is 12.3. The smallest absolute Gasteiger partial charge is 0.244 e. The molecule has 0 aliphatic heterocycles. The molecule has 2 aromatic carbocycles. The highest BCUT2D eigenvalue weighted by atomic mass is 35.5. The van der Waals surface area contributed by atoms with Crippen LogP contribution in [0.25, 0.3) is 0 Å². The molecule has 1 N–H and O–H groups in total. The average molecular weight is 555 g/mol. The lowest BCUT2D eigenvalue weighted by atomic mass is 9.95. The summed E-state index contributed by atoms with van der Waals surface area (Å²) in [5, 5.41) is 4.02. The molecule has 36 heavy (non-hydrogen) atoms. The molecule has 1 aliphatic carbocycles. The van der Waals surface area contributed by atoms with Gasteiger partial charge in [-0.25, -0.2) is 8.42 Å². The molecule has 0 bridgehead atoms. The molecule has 0 heterocycles. The van der Waals surface area contributed by atoms with Crippen molar-refractivity contribution in [1.29, 1.82) is 0 Å². The molecule has 2 aromatic rings. The Labute approximate surface area is 223 Å². The molecule has 0 radical (unpaired) electrons. The molecular formula is C26H33Cl2N3O4S. The van der Waals surface area contributed by atoms with Crippen molar-refractivity contribution < 1.29 is 18.0 Å². The van der Waals surface area contributed by atoms with Gasteiger partial charge in [-0.05, 0) is 62.1 Å². The van der Waals surface area contributed by atoms with E-state index in [1.807, 2.05) is 6.92 Å². The molecule has 1 saturated carbocycles. The number of sulfonamides is 1. The quantitative estimate of drug-likeness (QED) is 0.476. The molecule has 0 saturated heterocycles. The van der Waals surface area contributed by atoms with Crippen LogP contribution < -0.4 is 9.62 Å². The summed E-state index contributed by atoms with van der Waals surface area (Å²) in [6.45, 7) is 3.14. The molecule has 0 spiro atoms. The van der Waals surface area contributed by atoms with Crippen LogP contribution >= 0.6 is 23.2 Å². The summed E-state index contributed by atoms with van der Waals surface area (Å²) in [5.74, 6) is -0.758. The first-order chi connectivity index (χ1) is 17.0. The topological polar surface area (TPSA) is 86.8 Å². The van der Waals surface area contributed by atoms with Crippen LogP contribution in [0, 0.1) is 6.92 Å². The Morgan fingerprint density at radius 1 is 1.06 bits per heavy atom. The van der Waals surface area contributed by atoms with E-state index in [2.05, 4.69) is 5.32 Å². The normalized spacial score (nSPS) is 15.2. The number of amides is 2. The fourth-order valence-corrected chi connectivity index (χ4v) is 5.43. The van der Waals surface area contributed by atoms with Gasteiger partial charge in [-0.2, -0.15) is 0 Å². The van der Waals surface area contributed by atoms with E-state index in [4.69, 9.17) is 23.2 Å². The van der Waals surface area contributed by atoms with Gasteiger partial charge in [0.1, 0.15) is 12.6 Å². The van der Waals surface area contributed by atoms with Crippen molar-refractivity contribution in [2.75, 3.05) is 17.1 Å². The Morgan fingerprint density at radius 2 is 1.69 bits per heavy atom. The number of benzene rings is 2. The van der Waals surface area contributed by atoms with Gasteiger partial charge in [0.2, 0.25) is 21.8 Å². The number of anilines is 1. The summed E-state index contributed by atoms with van der Waals surface area (Å²) in [6.07, 6.45) is 6.16. The lowest BCUT2D eigenvalue weighted by Crippen LogP contribution is -2.52. The van der Waals surface area contributed by atoms with Gasteiger partial charge in [0.05, 0.1) is 11.9 Å². The zero-order chi connectivity index (χ0) is 26.5. The zero-order valence-corrected chi connectivity index (χ0v) is 23.2. The highest BCUT2D eigenvalue weighted by molar-refractivity contribution is 7.92. The number of nitrogens with one attached hydrogen (secondary N) is 1. The Bertz CT molecular complexity index is 1180. The number of nitrogens with zero attached hydrogens (tertiary/aromatic N) is 2. The second-order valence-corrected chi connectivity index (χ2v) is 12.1. The van der Waals surface area contributed by atoms with Crippen molar-refractivity contribution in [2.24, 2.45) is 0 Å². The lowest BCUT2D eigenvalue weighted by molar-refractivity contribution is -0.139. The molecular weight excluding hydrogens is 521 g/mol. The van der Waals surface area contributed by atoms with Gasteiger partial charge < -0.3 is 10.2 Å². The summed E-state index contributed by atoms with van der Waals surface area (Å²) in [5.41, 5.74) is 1.85. The monoisotopic (exact) mass is 553 g/mol. The molecule has 10 heteroatoms. The highest BCUT2D eigenvalue weighted by Crippen LogP contribution is 2.25. The molecule has 3 rings (SSSR count). The molecule has 0 aromatic heterocycles. The van der Waals surface area contributed by atoms with Crippen molar-refractivity contribution in [3.05, 3.63) is 63.6 Å². The minimum absolute atomic E-state index is 0.0865. The van der Waals surface area contributed by atoms with E-state index in [9.17, 15) is 18.0 Å². The zero-order valence-electron chi connectivity index (χ0n) is 20.8. The van der Waals surface area contributed by atoms with E-state index in [1.165, 1.54) is 11.0 Å². The number of hydrogen-bond acceptors (Lipinski definition) is 4. The van der Waals surface area contributed by atoms with Crippen LogP contribution in [-0.2, 0) is 26.2 Å². The first-order valence-corrected chi connectivity index (χ1v) is 14.6. The van der Waals surface area contributed by atoms with E-state index in [1.54, 1.807) is 43.3 Å². The van der Waals surface area contributed by atoms with E-state index in [-0.39, 0.29) is 24.2 Å². The number of rotatable bonds is 9. The predicted molar refractivity (Wildman–Crippen MR) is 145 cm³/mol. The minimum atomic E-state index is -3.81. The van der Waals surface area contributed by atoms with Crippen LogP contribution in [0.15, 0.2) is 42.5 Å². The summed E-state index contributed by atoms with van der Waals surface area (Å²) in [7, 11) is -3.81. The molecule has 196 valence electrons. The fourth-order valence-electron chi connectivity index (χ4n) is 4.29. The molecule has 1 aliphatic rings. The van der Waals surface area contributed by atoms with Gasteiger partial charge in [-0.1, -0.05) is 60.7 Å². The van der Waals surface area contributed by atoms with Crippen LogP contribution in [0.4, 0.5) is 5.69 Å². The van der Waals surface area contributed by atoms with Crippen LogP contribution in [0.1, 0.15) is 50.2 Å². The Morgan fingerprint density at radius 3 is 2.28 bits per heavy atom. The molecule has 7 nitrogen and oxygen atoms in total. The highest BCUT2D eigenvalue weighted by Gasteiger charge is 2.31. The summed E-state index contributed by atoms with van der Waals surface area (Å²) in [4.78, 5) is 28.2. The third kappa shape index (κ3) is 7.60. The fraction of sp³-hybridized carbons (Fsp3) is 0.462. The summed E-state index contributed by atoms with van der Waals surface area (Å²) in [6, 6.07) is 11.1. The SMILES string of the molecule is Cc1ccc(N(CC(=O)N(Cc2ccc(Cl)cc2)[C@H](C)C(=O)NC2CCCCC2)S(C)(=O)=O)cc1Cl. The Hall–Kier alpha value is -2.29. The van der Waals surface area contributed by atoms with E-state index < -0.39 is 28.5 Å². The number of halogens is 2. The number of carbonyl (C=O) groups is 2. The second-order valence-electron chi connectivity index (χ2n) is 9.37. The number of hydrogen-bond donors (Lipinski definition) is 1. The molecule has 1 fully saturated rings. The first kappa shape index (κ1) is 28.3. The van der Waals surface area contributed by atoms with Crippen molar-refractivity contribution in [2.45, 2.75) is 64.6 Å². The maximum Gasteiger partial charge on any atom is 0.244 e. The standard InChI is InChI=1S/C26H33Cl2N3O4S/c1-18-9-14-23(15-24(18)28)31(36(3,34)35)17-25(32)30(16-20-10-12-21(27)13-11-20)19(2)26(33)29-22-7-5-4-6-8-22/h9-15,19,22H,4-8,16-17H2,1-3H3,(H,29,33)/t19-/m1/s1. The van der Waals surface area contributed by atoms with Crippen molar-refractivity contribution in [1.82, 2.24) is 10.2 Å². The maximum absolute atomic E-state index is 13.6. The van der Waals surface area contributed by atoms with Gasteiger partial charge in [-0.3, -0.25) is 13.9 Å². The van der Waals surface area contributed by atoms with Crippen LogP contribution in [0.3, 0.4) is 0 Å². The van der Waals surface area contributed by atoms with E-state index in [0.717, 1.165) is 53.8 Å². The lowest BCUT2D eigenvalue weighted by Gasteiger charge is -2.33. The predicted octanol–water partition coefficient (Wildman–Crippen LogP) is 4.93. The van der Waals surface area contributed by atoms with E-state index in [0.29, 0.717) is 10.0 Å². The molecule has 1 atom stereocenters. The third-order valence-electron chi connectivity index (χ3n) is 6.51. The Balaban J connectivity index is 1.87.